The fourth-order valence-corrected chi connectivity index (χ4v) is 4.11. The van der Waals surface area contributed by atoms with Crippen molar-refractivity contribution in [2.24, 2.45) is 0 Å². The Hall–Kier alpha value is -3.40. The molecule has 0 saturated heterocycles. The summed E-state index contributed by atoms with van der Waals surface area (Å²) in [5.41, 5.74) is 5.95. The predicted molar refractivity (Wildman–Crippen MR) is 131 cm³/mol. The maximum Gasteiger partial charge on any atom is 0.224 e. The zero-order valence-electron chi connectivity index (χ0n) is 18.8. The average molecular weight is 426 g/mol. The van der Waals surface area contributed by atoms with Crippen LogP contribution in [0, 0.1) is 6.92 Å². The first-order chi connectivity index (χ1) is 15.7. The molecule has 4 heteroatoms. The largest absolute Gasteiger partial charge is 0.356 e. The zero-order valence-corrected chi connectivity index (χ0v) is 18.8. The number of aromatic nitrogens is 2. The van der Waals surface area contributed by atoms with Gasteiger partial charge in [0.15, 0.2) is 0 Å². The Morgan fingerprint density at radius 3 is 2.47 bits per heavy atom. The van der Waals surface area contributed by atoms with Gasteiger partial charge in [0.25, 0.3) is 0 Å². The Bertz CT molecular complexity index is 1160. The molecule has 0 bridgehead atoms. The van der Waals surface area contributed by atoms with Gasteiger partial charge in [-0.1, -0.05) is 73.2 Å². The molecular formula is C28H31N3O. The number of imidazole rings is 1. The lowest BCUT2D eigenvalue weighted by Crippen LogP contribution is -2.26. The third-order valence-corrected chi connectivity index (χ3v) is 5.93. The number of nitrogens with one attached hydrogen (secondary N) is 1. The molecule has 0 radical (unpaired) electrons. The molecule has 1 amide bonds. The van der Waals surface area contributed by atoms with Crippen LogP contribution >= 0.6 is 0 Å². The van der Waals surface area contributed by atoms with Crippen LogP contribution in [0.4, 0.5) is 0 Å². The summed E-state index contributed by atoms with van der Waals surface area (Å²) in [7, 11) is 0. The number of aryl methyl sites for hydroxylation is 2. The summed E-state index contributed by atoms with van der Waals surface area (Å²) < 4.78 is 2.36. The highest BCUT2D eigenvalue weighted by molar-refractivity contribution is 5.78. The molecule has 4 nitrogen and oxygen atoms in total. The highest BCUT2D eigenvalue weighted by Gasteiger charge is 2.11. The molecule has 0 aliphatic rings. The topological polar surface area (TPSA) is 46.9 Å². The number of unbranched alkanes of at least 4 members (excludes halogenated alkanes) is 2. The zero-order chi connectivity index (χ0) is 22.2. The molecule has 0 fully saturated rings. The summed E-state index contributed by atoms with van der Waals surface area (Å²) in [6.45, 7) is 3.74. The Labute approximate surface area is 190 Å². The lowest BCUT2D eigenvalue weighted by molar-refractivity contribution is -0.120. The van der Waals surface area contributed by atoms with Crippen LogP contribution < -0.4 is 5.32 Å². The van der Waals surface area contributed by atoms with Crippen molar-refractivity contribution in [3.63, 3.8) is 0 Å². The van der Waals surface area contributed by atoms with E-state index >= 15 is 0 Å². The van der Waals surface area contributed by atoms with Gasteiger partial charge in [-0.05, 0) is 48.6 Å². The Morgan fingerprint density at radius 1 is 0.875 bits per heavy atom. The van der Waals surface area contributed by atoms with E-state index in [1.54, 1.807) is 0 Å². The highest BCUT2D eigenvalue weighted by atomic mass is 16.1. The molecule has 0 atom stereocenters. The number of carbonyl (C=O) groups is 1. The van der Waals surface area contributed by atoms with E-state index in [-0.39, 0.29) is 5.91 Å². The van der Waals surface area contributed by atoms with Gasteiger partial charge in [0.1, 0.15) is 5.82 Å². The number of carbonyl (C=O) groups excluding carboxylic acids is 1. The van der Waals surface area contributed by atoms with E-state index in [1.807, 2.05) is 30.3 Å². The SMILES string of the molecule is Cc1ccccc1Cn1c(CCCCCNC(=O)Cc2ccccc2)nc2ccccc21. The molecular weight excluding hydrogens is 394 g/mol. The lowest BCUT2D eigenvalue weighted by Gasteiger charge is -2.12. The van der Waals surface area contributed by atoms with Crippen molar-refractivity contribution in [2.45, 2.75) is 45.6 Å². The van der Waals surface area contributed by atoms with E-state index in [4.69, 9.17) is 4.98 Å². The number of amides is 1. The first-order valence-corrected chi connectivity index (χ1v) is 11.5. The van der Waals surface area contributed by atoms with Crippen molar-refractivity contribution in [3.8, 4) is 0 Å². The molecule has 0 unspecified atom stereocenters. The van der Waals surface area contributed by atoms with Crippen molar-refractivity contribution >= 4 is 16.9 Å². The fourth-order valence-electron chi connectivity index (χ4n) is 4.11. The van der Waals surface area contributed by atoms with E-state index in [1.165, 1.54) is 16.6 Å². The quantitative estimate of drug-likeness (QED) is 0.343. The molecule has 0 aliphatic carbocycles. The number of rotatable bonds is 10. The van der Waals surface area contributed by atoms with Gasteiger partial charge in [-0.3, -0.25) is 4.79 Å². The molecule has 0 aliphatic heterocycles. The number of nitrogens with zero attached hydrogens (tertiary/aromatic N) is 2. The molecule has 4 rings (SSSR count). The summed E-state index contributed by atoms with van der Waals surface area (Å²) in [4.78, 5) is 17.0. The maximum atomic E-state index is 12.1. The van der Waals surface area contributed by atoms with Crippen LogP contribution in [0.2, 0.25) is 0 Å². The van der Waals surface area contributed by atoms with Crippen LogP contribution in [0.3, 0.4) is 0 Å². The van der Waals surface area contributed by atoms with Gasteiger partial charge >= 0.3 is 0 Å². The van der Waals surface area contributed by atoms with Crippen LogP contribution in [0.25, 0.3) is 11.0 Å². The third-order valence-electron chi connectivity index (χ3n) is 5.93. The van der Waals surface area contributed by atoms with Gasteiger partial charge in [0.05, 0.1) is 17.5 Å². The molecule has 1 aromatic heterocycles. The standard InChI is InChI=1S/C28H31N3O/c1-22-12-7-8-15-24(22)21-31-26-17-10-9-16-25(26)30-27(31)18-6-3-11-19-29-28(32)20-23-13-4-2-5-14-23/h2,4-5,7-10,12-17H,3,6,11,18-21H2,1H3,(H,29,32). The predicted octanol–water partition coefficient (Wildman–Crippen LogP) is 5.46. The van der Waals surface area contributed by atoms with Crippen molar-refractivity contribution in [2.75, 3.05) is 6.54 Å². The van der Waals surface area contributed by atoms with Gasteiger partial charge in [-0.2, -0.15) is 0 Å². The Morgan fingerprint density at radius 2 is 1.62 bits per heavy atom. The number of benzene rings is 3. The minimum atomic E-state index is 0.0937. The third kappa shape index (κ3) is 5.64. The molecule has 1 N–H and O–H groups in total. The second-order valence-corrected chi connectivity index (χ2v) is 8.35. The van der Waals surface area contributed by atoms with Crippen molar-refractivity contribution < 1.29 is 4.79 Å². The summed E-state index contributed by atoms with van der Waals surface area (Å²) in [6, 6.07) is 26.8. The minimum absolute atomic E-state index is 0.0937. The molecule has 1 heterocycles. The summed E-state index contributed by atoms with van der Waals surface area (Å²) in [5.74, 6) is 1.23. The number of para-hydroxylation sites is 2. The van der Waals surface area contributed by atoms with E-state index < -0.39 is 0 Å². The molecule has 32 heavy (non-hydrogen) atoms. The van der Waals surface area contributed by atoms with E-state index in [0.717, 1.165) is 55.7 Å². The van der Waals surface area contributed by atoms with Crippen molar-refractivity contribution in [3.05, 3.63) is 101 Å². The molecule has 0 saturated carbocycles. The second-order valence-electron chi connectivity index (χ2n) is 8.35. The first kappa shape index (κ1) is 21.8. The number of hydrogen-bond acceptors (Lipinski definition) is 2. The van der Waals surface area contributed by atoms with E-state index in [2.05, 4.69) is 65.3 Å². The van der Waals surface area contributed by atoms with Gasteiger partial charge in [0, 0.05) is 19.5 Å². The molecule has 0 spiro atoms. The van der Waals surface area contributed by atoms with Crippen LogP contribution in [0.15, 0.2) is 78.9 Å². The normalized spacial score (nSPS) is 11.0. The Kier molecular flexibility index (Phi) is 7.34. The minimum Gasteiger partial charge on any atom is -0.356 e. The van der Waals surface area contributed by atoms with Crippen molar-refractivity contribution in [1.29, 1.82) is 0 Å². The van der Waals surface area contributed by atoms with Crippen molar-refractivity contribution in [1.82, 2.24) is 14.9 Å². The van der Waals surface area contributed by atoms with Gasteiger partial charge < -0.3 is 9.88 Å². The molecule has 164 valence electrons. The first-order valence-electron chi connectivity index (χ1n) is 11.5. The molecule has 3 aromatic carbocycles. The average Bonchev–Trinajstić information content (AvgIpc) is 3.15. The highest BCUT2D eigenvalue weighted by Crippen LogP contribution is 2.20. The van der Waals surface area contributed by atoms with Gasteiger partial charge in [0.2, 0.25) is 5.91 Å². The van der Waals surface area contributed by atoms with Crippen LogP contribution in [0.5, 0.6) is 0 Å². The fraction of sp³-hybridized carbons (Fsp3) is 0.286. The monoisotopic (exact) mass is 425 g/mol. The number of fused-ring (bicyclic) bond motifs is 1. The number of hydrogen-bond donors (Lipinski definition) is 1. The molecule has 4 aromatic rings. The smallest absolute Gasteiger partial charge is 0.224 e. The van der Waals surface area contributed by atoms with Gasteiger partial charge in [-0.25, -0.2) is 4.98 Å². The Balaban J connectivity index is 1.29. The second kappa shape index (κ2) is 10.8. The van der Waals surface area contributed by atoms with Gasteiger partial charge in [-0.15, -0.1) is 0 Å². The summed E-state index contributed by atoms with van der Waals surface area (Å²) in [6.07, 6.45) is 4.51. The van der Waals surface area contributed by atoms with Crippen LogP contribution in [-0.4, -0.2) is 22.0 Å². The van der Waals surface area contributed by atoms with Crippen LogP contribution in [0.1, 0.15) is 41.8 Å². The summed E-state index contributed by atoms with van der Waals surface area (Å²) >= 11 is 0. The maximum absolute atomic E-state index is 12.1. The van der Waals surface area contributed by atoms with E-state index in [9.17, 15) is 4.79 Å². The lowest BCUT2D eigenvalue weighted by atomic mass is 10.1. The summed E-state index contributed by atoms with van der Waals surface area (Å²) in [5, 5.41) is 3.04. The van der Waals surface area contributed by atoms with E-state index in [0.29, 0.717) is 6.42 Å². The van der Waals surface area contributed by atoms with Crippen LogP contribution in [-0.2, 0) is 24.2 Å².